The van der Waals surface area contributed by atoms with E-state index in [4.69, 9.17) is 4.74 Å². The van der Waals surface area contributed by atoms with Gasteiger partial charge in [0.05, 0.1) is 27.0 Å². The van der Waals surface area contributed by atoms with Gasteiger partial charge in [0.1, 0.15) is 11.4 Å². The minimum absolute atomic E-state index is 0.0254. The lowest BCUT2D eigenvalue weighted by Crippen LogP contribution is -2.56. The summed E-state index contributed by atoms with van der Waals surface area (Å²) in [7, 11) is 1.65. The first kappa shape index (κ1) is 20.9. The van der Waals surface area contributed by atoms with Crippen molar-refractivity contribution in [3.8, 4) is 5.75 Å². The Hall–Kier alpha value is -2.32. The molecular formula is C22H24BrN3O3S. The number of ether oxygens (including phenoxy) is 1. The third kappa shape index (κ3) is 4.11. The van der Waals surface area contributed by atoms with Crippen LogP contribution in [-0.4, -0.2) is 48.0 Å². The Kier molecular flexibility index (Phi) is 6.15. The maximum Gasteiger partial charge on any atom is 0.270 e. The zero-order chi connectivity index (χ0) is 21.3. The number of hydrogen-bond acceptors (Lipinski definition) is 4. The third-order valence-electron chi connectivity index (χ3n) is 5.37. The number of fused-ring (bicyclic) bond motifs is 1. The zero-order valence-corrected chi connectivity index (χ0v) is 19.4. The number of nitrogens with one attached hydrogen (secondary N) is 1. The van der Waals surface area contributed by atoms with Crippen LogP contribution in [0, 0.1) is 5.92 Å². The SMILES string of the molecule is CCCNC(=O)C1CN(C(=O)c2cc3sc(Br)cc3n2Cc2ccc(OC)cc2)C1. The van der Waals surface area contributed by atoms with Crippen LogP contribution in [0.3, 0.4) is 0 Å². The van der Waals surface area contributed by atoms with Gasteiger partial charge in [-0.3, -0.25) is 9.59 Å². The van der Waals surface area contributed by atoms with Crippen LogP contribution in [0.4, 0.5) is 0 Å². The summed E-state index contributed by atoms with van der Waals surface area (Å²) in [5, 5.41) is 2.91. The molecule has 6 nitrogen and oxygen atoms in total. The Labute approximate surface area is 187 Å². The number of carbonyl (C=O) groups is 2. The lowest BCUT2D eigenvalue weighted by atomic mass is 9.98. The molecule has 0 spiro atoms. The van der Waals surface area contributed by atoms with E-state index in [1.165, 1.54) is 0 Å². The smallest absolute Gasteiger partial charge is 0.270 e. The summed E-state index contributed by atoms with van der Waals surface area (Å²) < 4.78 is 9.40. The number of likely N-dealkylation sites (tertiary alicyclic amines) is 1. The molecule has 1 aromatic carbocycles. The highest BCUT2D eigenvalue weighted by molar-refractivity contribution is 9.11. The van der Waals surface area contributed by atoms with Crippen LogP contribution >= 0.6 is 27.3 Å². The third-order valence-corrected chi connectivity index (χ3v) is 6.94. The van der Waals surface area contributed by atoms with Crippen LogP contribution in [0.1, 0.15) is 29.4 Å². The van der Waals surface area contributed by atoms with Gasteiger partial charge in [0.15, 0.2) is 0 Å². The molecule has 1 N–H and O–H groups in total. The quantitative estimate of drug-likeness (QED) is 0.542. The average molecular weight is 490 g/mol. The van der Waals surface area contributed by atoms with Crippen molar-refractivity contribution in [2.75, 3.05) is 26.7 Å². The zero-order valence-electron chi connectivity index (χ0n) is 17.0. The van der Waals surface area contributed by atoms with Crippen molar-refractivity contribution in [3.05, 3.63) is 51.4 Å². The highest BCUT2D eigenvalue weighted by Crippen LogP contribution is 2.34. The monoisotopic (exact) mass is 489 g/mol. The molecule has 0 aliphatic carbocycles. The highest BCUT2D eigenvalue weighted by atomic mass is 79.9. The van der Waals surface area contributed by atoms with E-state index in [0.717, 1.165) is 31.7 Å². The van der Waals surface area contributed by atoms with E-state index in [1.54, 1.807) is 23.3 Å². The predicted octanol–water partition coefficient (Wildman–Crippen LogP) is 4.12. The van der Waals surface area contributed by atoms with E-state index >= 15 is 0 Å². The van der Waals surface area contributed by atoms with Gasteiger partial charge in [-0.1, -0.05) is 19.1 Å². The lowest BCUT2D eigenvalue weighted by molar-refractivity contribution is -0.128. The van der Waals surface area contributed by atoms with Crippen LogP contribution < -0.4 is 10.1 Å². The summed E-state index contributed by atoms with van der Waals surface area (Å²) in [6.07, 6.45) is 0.909. The van der Waals surface area contributed by atoms with Gasteiger partial charge in [-0.05, 0) is 52.2 Å². The van der Waals surface area contributed by atoms with Crippen molar-refractivity contribution in [1.82, 2.24) is 14.8 Å². The molecular weight excluding hydrogens is 466 g/mol. The Morgan fingerprint density at radius 1 is 1.23 bits per heavy atom. The van der Waals surface area contributed by atoms with Gasteiger partial charge in [0.25, 0.3) is 5.91 Å². The topological polar surface area (TPSA) is 63.6 Å². The van der Waals surface area contributed by atoms with Crippen LogP contribution in [0.5, 0.6) is 5.75 Å². The standard InChI is InChI=1S/C22H24BrN3O3S/c1-3-8-24-21(27)15-12-25(13-15)22(28)18-9-19-17(10-20(23)30-19)26(18)11-14-4-6-16(29-2)7-5-14/h4-7,9-10,15H,3,8,11-13H2,1-2H3,(H,24,27). The molecule has 8 heteroatoms. The second-order valence-electron chi connectivity index (χ2n) is 7.46. The second kappa shape index (κ2) is 8.81. The maximum absolute atomic E-state index is 13.2. The summed E-state index contributed by atoms with van der Waals surface area (Å²) >= 11 is 5.16. The minimum Gasteiger partial charge on any atom is -0.497 e. The summed E-state index contributed by atoms with van der Waals surface area (Å²) in [5.74, 6) is 0.710. The predicted molar refractivity (Wildman–Crippen MR) is 122 cm³/mol. The summed E-state index contributed by atoms with van der Waals surface area (Å²) in [4.78, 5) is 27.1. The Morgan fingerprint density at radius 3 is 2.63 bits per heavy atom. The lowest BCUT2D eigenvalue weighted by Gasteiger charge is -2.38. The number of nitrogens with zero attached hydrogens (tertiary/aromatic N) is 2. The molecule has 0 radical (unpaired) electrons. The molecule has 1 saturated heterocycles. The fourth-order valence-corrected chi connectivity index (χ4v) is 5.20. The molecule has 2 amide bonds. The van der Waals surface area contributed by atoms with Gasteiger partial charge < -0.3 is 19.5 Å². The first-order valence-electron chi connectivity index (χ1n) is 9.98. The fraction of sp³-hybridized carbons (Fsp3) is 0.364. The number of amides is 2. The van der Waals surface area contributed by atoms with Crippen molar-refractivity contribution in [2.45, 2.75) is 19.9 Å². The van der Waals surface area contributed by atoms with Crippen molar-refractivity contribution >= 4 is 49.3 Å². The molecule has 3 aromatic rings. The van der Waals surface area contributed by atoms with E-state index in [-0.39, 0.29) is 17.7 Å². The summed E-state index contributed by atoms with van der Waals surface area (Å²) in [6.45, 7) is 4.24. The first-order chi connectivity index (χ1) is 14.5. The number of benzene rings is 1. The summed E-state index contributed by atoms with van der Waals surface area (Å²) in [5.41, 5.74) is 2.78. The van der Waals surface area contributed by atoms with E-state index in [9.17, 15) is 9.59 Å². The fourth-order valence-electron chi connectivity index (χ4n) is 3.64. The Morgan fingerprint density at radius 2 is 1.97 bits per heavy atom. The molecule has 4 rings (SSSR count). The van der Waals surface area contributed by atoms with Crippen LogP contribution in [0.25, 0.3) is 10.2 Å². The number of thiophene rings is 1. The Bertz CT molecular complexity index is 1070. The molecule has 0 atom stereocenters. The first-order valence-corrected chi connectivity index (χ1v) is 11.6. The van der Waals surface area contributed by atoms with E-state index in [0.29, 0.717) is 31.9 Å². The molecule has 158 valence electrons. The second-order valence-corrected chi connectivity index (χ2v) is 9.92. The molecule has 1 aliphatic heterocycles. The van der Waals surface area contributed by atoms with Gasteiger partial charge in [0.2, 0.25) is 5.91 Å². The molecule has 1 aliphatic rings. The number of carbonyl (C=O) groups excluding carboxylic acids is 2. The van der Waals surface area contributed by atoms with Crippen LogP contribution in [0.2, 0.25) is 0 Å². The number of aromatic nitrogens is 1. The molecule has 2 aromatic heterocycles. The highest BCUT2D eigenvalue weighted by Gasteiger charge is 2.37. The average Bonchev–Trinajstić information content (AvgIpc) is 3.22. The van der Waals surface area contributed by atoms with Gasteiger partial charge in [-0.15, -0.1) is 11.3 Å². The largest absolute Gasteiger partial charge is 0.497 e. The molecule has 0 bridgehead atoms. The van der Waals surface area contributed by atoms with Crippen LogP contribution in [-0.2, 0) is 11.3 Å². The van der Waals surface area contributed by atoms with Gasteiger partial charge in [-0.2, -0.15) is 0 Å². The van der Waals surface area contributed by atoms with Gasteiger partial charge in [0, 0.05) is 26.2 Å². The summed E-state index contributed by atoms with van der Waals surface area (Å²) in [6, 6.07) is 11.9. The molecule has 30 heavy (non-hydrogen) atoms. The molecule has 1 fully saturated rings. The minimum atomic E-state index is -0.110. The molecule has 3 heterocycles. The van der Waals surface area contributed by atoms with Crippen molar-refractivity contribution in [3.63, 3.8) is 0 Å². The molecule has 0 unspecified atom stereocenters. The Balaban J connectivity index is 1.55. The van der Waals surface area contributed by atoms with Gasteiger partial charge >= 0.3 is 0 Å². The maximum atomic E-state index is 13.2. The number of hydrogen-bond donors (Lipinski definition) is 1. The van der Waals surface area contributed by atoms with Gasteiger partial charge in [-0.25, -0.2) is 0 Å². The van der Waals surface area contributed by atoms with E-state index in [1.807, 2.05) is 37.3 Å². The molecule has 0 saturated carbocycles. The van der Waals surface area contributed by atoms with Crippen molar-refractivity contribution in [2.24, 2.45) is 5.92 Å². The number of methoxy groups -OCH3 is 1. The normalized spacial score (nSPS) is 14.0. The van der Waals surface area contributed by atoms with E-state index < -0.39 is 0 Å². The number of rotatable bonds is 7. The van der Waals surface area contributed by atoms with Crippen molar-refractivity contribution < 1.29 is 14.3 Å². The van der Waals surface area contributed by atoms with E-state index in [2.05, 4.69) is 31.9 Å². The number of halogens is 1. The van der Waals surface area contributed by atoms with Crippen LogP contribution in [0.15, 0.2) is 40.2 Å². The van der Waals surface area contributed by atoms with Crippen molar-refractivity contribution in [1.29, 1.82) is 0 Å².